The highest BCUT2D eigenvalue weighted by atomic mass is 16.2. The highest BCUT2D eigenvalue weighted by Crippen LogP contribution is 2.15. The van der Waals surface area contributed by atoms with Crippen molar-refractivity contribution in [3.63, 3.8) is 0 Å². The quantitative estimate of drug-likeness (QED) is 0.790. The SMILES string of the molecule is CCN(CC(C)(C)CN)C(=O)CCn1cccn1. The van der Waals surface area contributed by atoms with Crippen molar-refractivity contribution in [1.29, 1.82) is 0 Å². The molecule has 0 aromatic carbocycles. The molecule has 0 saturated carbocycles. The first-order valence-corrected chi connectivity index (χ1v) is 6.44. The van der Waals surface area contributed by atoms with Crippen LogP contribution >= 0.6 is 0 Å². The maximum absolute atomic E-state index is 12.1. The number of amides is 1. The van der Waals surface area contributed by atoms with E-state index in [1.807, 2.05) is 24.1 Å². The topological polar surface area (TPSA) is 64.2 Å². The van der Waals surface area contributed by atoms with Crippen LogP contribution in [0.3, 0.4) is 0 Å². The molecule has 102 valence electrons. The Morgan fingerprint density at radius 3 is 2.72 bits per heavy atom. The van der Waals surface area contributed by atoms with Crippen LogP contribution in [0.2, 0.25) is 0 Å². The van der Waals surface area contributed by atoms with Crippen molar-refractivity contribution in [2.75, 3.05) is 19.6 Å². The minimum Gasteiger partial charge on any atom is -0.342 e. The molecule has 0 saturated heterocycles. The van der Waals surface area contributed by atoms with E-state index < -0.39 is 0 Å². The molecule has 1 heterocycles. The Morgan fingerprint density at radius 2 is 2.22 bits per heavy atom. The molecule has 1 amide bonds. The predicted molar refractivity (Wildman–Crippen MR) is 71.9 cm³/mol. The van der Waals surface area contributed by atoms with Gasteiger partial charge < -0.3 is 10.6 Å². The molecule has 0 aliphatic heterocycles. The first-order chi connectivity index (χ1) is 8.48. The van der Waals surface area contributed by atoms with E-state index in [0.29, 0.717) is 26.1 Å². The Labute approximate surface area is 109 Å². The van der Waals surface area contributed by atoms with Crippen molar-refractivity contribution in [3.05, 3.63) is 18.5 Å². The molecular formula is C13H24N4O. The lowest BCUT2D eigenvalue weighted by Gasteiger charge is -2.31. The van der Waals surface area contributed by atoms with E-state index in [9.17, 15) is 4.79 Å². The zero-order valence-corrected chi connectivity index (χ0v) is 11.6. The fourth-order valence-corrected chi connectivity index (χ4v) is 1.76. The van der Waals surface area contributed by atoms with Crippen molar-refractivity contribution >= 4 is 5.91 Å². The molecule has 1 aromatic heterocycles. The molecule has 0 aliphatic rings. The van der Waals surface area contributed by atoms with Gasteiger partial charge in [-0.25, -0.2) is 0 Å². The van der Waals surface area contributed by atoms with Gasteiger partial charge in [-0.05, 0) is 24.9 Å². The van der Waals surface area contributed by atoms with Gasteiger partial charge in [0.15, 0.2) is 0 Å². The van der Waals surface area contributed by atoms with Gasteiger partial charge in [-0.1, -0.05) is 13.8 Å². The van der Waals surface area contributed by atoms with Crippen molar-refractivity contribution in [2.45, 2.75) is 33.7 Å². The smallest absolute Gasteiger partial charge is 0.224 e. The average molecular weight is 252 g/mol. The van der Waals surface area contributed by atoms with Gasteiger partial charge in [0, 0.05) is 38.4 Å². The van der Waals surface area contributed by atoms with Gasteiger partial charge in [0.25, 0.3) is 0 Å². The highest BCUT2D eigenvalue weighted by molar-refractivity contribution is 5.76. The molecule has 1 aromatic rings. The number of carbonyl (C=O) groups is 1. The van der Waals surface area contributed by atoms with E-state index in [2.05, 4.69) is 18.9 Å². The number of aromatic nitrogens is 2. The second-order valence-electron chi connectivity index (χ2n) is 5.30. The monoisotopic (exact) mass is 252 g/mol. The standard InChI is InChI=1S/C13H24N4O/c1-4-16(11-13(2,3)10-14)12(18)6-9-17-8-5-7-15-17/h5,7-8H,4,6,9-11,14H2,1-3H3. The van der Waals surface area contributed by atoms with E-state index in [1.165, 1.54) is 0 Å². The van der Waals surface area contributed by atoms with E-state index in [4.69, 9.17) is 5.73 Å². The van der Waals surface area contributed by atoms with E-state index in [1.54, 1.807) is 10.9 Å². The Balaban J connectivity index is 2.47. The third-order valence-corrected chi connectivity index (χ3v) is 3.02. The summed E-state index contributed by atoms with van der Waals surface area (Å²) in [6, 6.07) is 1.86. The molecule has 0 radical (unpaired) electrons. The number of rotatable bonds is 7. The minimum atomic E-state index is -0.0304. The molecule has 0 spiro atoms. The molecule has 5 heteroatoms. The molecule has 0 unspecified atom stereocenters. The number of aryl methyl sites for hydroxylation is 1. The Morgan fingerprint density at radius 1 is 1.50 bits per heavy atom. The van der Waals surface area contributed by atoms with E-state index in [0.717, 1.165) is 6.54 Å². The Bertz CT molecular complexity index is 359. The summed E-state index contributed by atoms with van der Waals surface area (Å²) in [4.78, 5) is 14.0. The number of nitrogens with two attached hydrogens (primary N) is 1. The summed E-state index contributed by atoms with van der Waals surface area (Å²) < 4.78 is 1.78. The summed E-state index contributed by atoms with van der Waals surface area (Å²) in [7, 11) is 0. The molecular weight excluding hydrogens is 228 g/mol. The van der Waals surface area contributed by atoms with Crippen LogP contribution in [-0.2, 0) is 11.3 Å². The lowest BCUT2D eigenvalue weighted by atomic mass is 9.93. The van der Waals surface area contributed by atoms with Crippen molar-refractivity contribution in [1.82, 2.24) is 14.7 Å². The molecule has 2 N–H and O–H groups in total. The van der Waals surface area contributed by atoms with Crippen molar-refractivity contribution in [3.8, 4) is 0 Å². The van der Waals surface area contributed by atoms with E-state index >= 15 is 0 Å². The van der Waals surface area contributed by atoms with Gasteiger partial charge in [0.1, 0.15) is 0 Å². The maximum atomic E-state index is 12.1. The maximum Gasteiger partial charge on any atom is 0.224 e. The van der Waals surface area contributed by atoms with Gasteiger partial charge in [-0.2, -0.15) is 5.10 Å². The highest BCUT2D eigenvalue weighted by Gasteiger charge is 2.22. The fourth-order valence-electron chi connectivity index (χ4n) is 1.76. The Hall–Kier alpha value is -1.36. The molecule has 0 fully saturated rings. The third-order valence-electron chi connectivity index (χ3n) is 3.02. The van der Waals surface area contributed by atoms with Gasteiger partial charge >= 0.3 is 0 Å². The second-order valence-corrected chi connectivity index (χ2v) is 5.30. The lowest BCUT2D eigenvalue weighted by molar-refractivity contribution is -0.132. The van der Waals surface area contributed by atoms with Gasteiger partial charge in [0.05, 0.1) is 0 Å². The average Bonchev–Trinajstić information content (AvgIpc) is 2.86. The van der Waals surface area contributed by atoms with Crippen LogP contribution in [0.15, 0.2) is 18.5 Å². The van der Waals surface area contributed by atoms with Crippen molar-refractivity contribution in [2.24, 2.45) is 11.1 Å². The third kappa shape index (κ3) is 4.49. The molecule has 0 atom stereocenters. The minimum absolute atomic E-state index is 0.0304. The summed E-state index contributed by atoms with van der Waals surface area (Å²) in [6.45, 7) is 8.80. The molecule has 18 heavy (non-hydrogen) atoms. The largest absolute Gasteiger partial charge is 0.342 e. The summed E-state index contributed by atoms with van der Waals surface area (Å²) in [5.41, 5.74) is 5.68. The van der Waals surface area contributed by atoms with Crippen LogP contribution in [0.1, 0.15) is 27.2 Å². The summed E-state index contributed by atoms with van der Waals surface area (Å²) in [6.07, 6.45) is 4.07. The second kappa shape index (κ2) is 6.54. The Kier molecular flexibility index (Phi) is 5.34. The number of nitrogens with zero attached hydrogens (tertiary/aromatic N) is 3. The van der Waals surface area contributed by atoms with Crippen LogP contribution in [0.4, 0.5) is 0 Å². The van der Waals surface area contributed by atoms with Gasteiger partial charge in [-0.3, -0.25) is 9.48 Å². The van der Waals surface area contributed by atoms with Gasteiger partial charge in [0.2, 0.25) is 5.91 Å². The zero-order valence-electron chi connectivity index (χ0n) is 11.6. The summed E-state index contributed by atoms with van der Waals surface area (Å²) >= 11 is 0. The van der Waals surface area contributed by atoms with Crippen LogP contribution in [-0.4, -0.2) is 40.2 Å². The number of hydrogen-bond donors (Lipinski definition) is 1. The summed E-state index contributed by atoms with van der Waals surface area (Å²) in [5.74, 6) is 0.162. The first-order valence-electron chi connectivity index (χ1n) is 6.44. The van der Waals surface area contributed by atoms with E-state index in [-0.39, 0.29) is 11.3 Å². The van der Waals surface area contributed by atoms with Gasteiger partial charge in [-0.15, -0.1) is 0 Å². The lowest BCUT2D eigenvalue weighted by Crippen LogP contribution is -2.42. The zero-order chi connectivity index (χ0) is 13.6. The molecule has 1 rings (SSSR count). The predicted octanol–water partition coefficient (Wildman–Crippen LogP) is 1.11. The number of hydrogen-bond acceptors (Lipinski definition) is 3. The molecule has 0 bridgehead atoms. The first kappa shape index (κ1) is 14.7. The number of carbonyl (C=O) groups excluding carboxylic acids is 1. The molecule has 5 nitrogen and oxygen atoms in total. The fraction of sp³-hybridized carbons (Fsp3) is 0.692. The van der Waals surface area contributed by atoms with Crippen LogP contribution < -0.4 is 5.73 Å². The summed E-state index contributed by atoms with van der Waals surface area (Å²) in [5, 5.41) is 4.09. The molecule has 0 aliphatic carbocycles. The van der Waals surface area contributed by atoms with Crippen LogP contribution in [0.5, 0.6) is 0 Å². The van der Waals surface area contributed by atoms with Crippen LogP contribution in [0, 0.1) is 5.41 Å². The van der Waals surface area contributed by atoms with Crippen LogP contribution in [0.25, 0.3) is 0 Å². The van der Waals surface area contributed by atoms with Crippen molar-refractivity contribution < 1.29 is 4.79 Å². The normalized spacial score (nSPS) is 11.6.